The van der Waals surface area contributed by atoms with Crippen LogP contribution in [0.3, 0.4) is 0 Å². The molecule has 5 nitrogen and oxygen atoms in total. The Labute approximate surface area is 110 Å². The number of rotatable bonds is 3. The first kappa shape index (κ1) is 11.5. The fourth-order valence-electron chi connectivity index (χ4n) is 2.05. The number of methoxy groups -OCH3 is 2. The Balaban J connectivity index is 2.25. The third kappa shape index (κ3) is 1.89. The van der Waals surface area contributed by atoms with E-state index in [1.165, 1.54) is 0 Å². The Morgan fingerprint density at radius 3 is 2.37 bits per heavy atom. The van der Waals surface area contributed by atoms with Gasteiger partial charge < -0.3 is 14.5 Å². The van der Waals surface area contributed by atoms with E-state index in [0.717, 1.165) is 11.1 Å². The molecule has 96 valence electrons. The number of imidazole rings is 1. The van der Waals surface area contributed by atoms with Crippen LogP contribution >= 0.6 is 0 Å². The lowest BCUT2D eigenvalue weighted by Gasteiger charge is -2.10. The summed E-state index contributed by atoms with van der Waals surface area (Å²) in [4.78, 5) is 11.9. The largest absolute Gasteiger partial charge is 0.496 e. The Bertz CT molecular complexity index is 666. The van der Waals surface area contributed by atoms with Crippen LogP contribution in [0.4, 0.5) is 0 Å². The molecule has 1 N–H and O–H groups in total. The number of ether oxygens (including phenoxy) is 2. The molecule has 0 saturated carbocycles. The van der Waals surface area contributed by atoms with Gasteiger partial charge in [-0.15, -0.1) is 0 Å². The number of pyridine rings is 1. The highest BCUT2D eigenvalue weighted by Crippen LogP contribution is 2.37. The van der Waals surface area contributed by atoms with Crippen molar-refractivity contribution in [2.45, 2.75) is 0 Å². The molecule has 3 rings (SSSR count). The minimum atomic E-state index is 0.672. The lowest BCUT2D eigenvalue weighted by Crippen LogP contribution is -1.93. The third-order valence-electron chi connectivity index (χ3n) is 2.92. The van der Waals surface area contributed by atoms with E-state index < -0.39 is 0 Å². The lowest BCUT2D eigenvalue weighted by molar-refractivity contribution is 0.397. The second-order valence-corrected chi connectivity index (χ2v) is 4.00. The van der Waals surface area contributed by atoms with Crippen LogP contribution in [0.15, 0.2) is 36.5 Å². The average Bonchev–Trinajstić information content (AvgIpc) is 2.89. The van der Waals surface area contributed by atoms with Crippen molar-refractivity contribution >= 4 is 11.2 Å². The van der Waals surface area contributed by atoms with Gasteiger partial charge in [0.15, 0.2) is 5.65 Å². The predicted molar refractivity (Wildman–Crippen MR) is 72.4 cm³/mol. The Morgan fingerprint density at radius 2 is 1.74 bits per heavy atom. The van der Waals surface area contributed by atoms with Crippen molar-refractivity contribution in [1.82, 2.24) is 15.0 Å². The predicted octanol–water partition coefficient (Wildman–Crippen LogP) is 2.64. The molecule has 2 heterocycles. The van der Waals surface area contributed by atoms with Gasteiger partial charge in [-0.25, -0.2) is 9.97 Å². The normalized spacial score (nSPS) is 10.6. The maximum absolute atomic E-state index is 5.38. The maximum Gasteiger partial charge on any atom is 0.178 e. The monoisotopic (exact) mass is 255 g/mol. The molecule has 3 aromatic rings. The van der Waals surface area contributed by atoms with E-state index in [4.69, 9.17) is 9.47 Å². The summed E-state index contributed by atoms with van der Waals surface area (Å²) < 4.78 is 10.8. The second-order valence-electron chi connectivity index (χ2n) is 4.00. The molecule has 0 bridgehead atoms. The highest BCUT2D eigenvalue weighted by molar-refractivity contribution is 5.80. The second kappa shape index (κ2) is 4.61. The van der Waals surface area contributed by atoms with E-state index in [9.17, 15) is 0 Å². The van der Waals surface area contributed by atoms with Crippen LogP contribution in [-0.2, 0) is 0 Å². The van der Waals surface area contributed by atoms with Gasteiger partial charge in [0.25, 0.3) is 0 Å². The van der Waals surface area contributed by atoms with E-state index in [0.29, 0.717) is 23.0 Å². The van der Waals surface area contributed by atoms with E-state index in [1.807, 2.05) is 30.3 Å². The molecular formula is C14H13N3O2. The molecule has 0 saturated heterocycles. The number of hydrogen-bond donors (Lipinski definition) is 1. The van der Waals surface area contributed by atoms with Gasteiger partial charge in [0.05, 0.1) is 19.7 Å². The summed E-state index contributed by atoms with van der Waals surface area (Å²) in [5.74, 6) is 2.10. The van der Waals surface area contributed by atoms with Gasteiger partial charge in [-0.3, -0.25) is 0 Å². The van der Waals surface area contributed by atoms with Gasteiger partial charge in [-0.2, -0.15) is 0 Å². The number of benzene rings is 1. The first-order chi connectivity index (χ1) is 9.33. The quantitative estimate of drug-likeness (QED) is 0.781. The Morgan fingerprint density at radius 1 is 1.00 bits per heavy atom. The molecule has 1 aromatic carbocycles. The summed E-state index contributed by atoms with van der Waals surface area (Å²) in [6, 6.07) is 9.42. The zero-order valence-corrected chi connectivity index (χ0v) is 10.7. The topological polar surface area (TPSA) is 60.0 Å². The number of aromatic amines is 1. The minimum Gasteiger partial charge on any atom is -0.496 e. The van der Waals surface area contributed by atoms with Gasteiger partial charge in [0.2, 0.25) is 0 Å². The van der Waals surface area contributed by atoms with Crippen LogP contribution in [-0.4, -0.2) is 29.2 Å². The van der Waals surface area contributed by atoms with Crippen molar-refractivity contribution < 1.29 is 9.47 Å². The molecule has 0 unspecified atom stereocenters. The molecule has 0 atom stereocenters. The van der Waals surface area contributed by atoms with Crippen molar-refractivity contribution in [3.63, 3.8) is 0 Å². The van der Waals surface area contributed by atoms with Crippen LogP contribution in [0.5, 0.6) is 11.5 Å². The molecule has 0 radical (unpaired) electrons. The molecular weight excluding hydrogens is 242 g/mol. The van der Waals surface area contributed by atoms with Crippen molar-refractivity contribution in [2.75, 3.05) is 14.2 Å². The fourth-order valence-corrected chi connectivity index (χ4v) is 2.05. The van der Waals surface area contributed by atoms with Crippen LogP contribution in [0.1, 0.15) is 0 Å². The fraction of sp³-hybridized carbons (Fsp3) is 0.143. The highest BCUT2D eigenvalue weighted by atomic mass is 16.5. The summed E-state index contributed by atoms with van der Waals surface area (Å²) in [6.45, 7) is 0. The van der Waals surface area contributed by atoms with E-state index >= 15 is 0 Å². The van der Waals surface area contributed by atoms with Crippen LogP contribution < -0.4 is 9.47 Å². The zero-order valence-electron chi connectivity index (χ0n) is 10.7. The molecule has 0 fully saturated rings. The molecule has 0 spiro atoms. The third-order valence-corrected chi connectivity index (χ3v) is 2.92. The van der Waals surface area contributed by atoms with Crippen LogP contribution in [0, 0.1) is 0 Å². The van der Waals surface area contributed by atoms with Gasteiger partial charge in [0, 0.05) is 6.20 Å². The average molecular weight is 255 g/mol. The number of fused-ring (bicyclic) bond motifs is 1. The van der Waals surface area contributed by atoms with Crippen molar-refractivity contribution in [2.24, 2.45) is 0 Å². The molecule has 19 heavy (non-hydrogen) atoms. The molecule has 2 aromatic heterocycles. The maximum atomic E-state index is 5.38. The summed E-state index contributed by atoms with van der Waals surface area (Å²) in [5.41, 5.74) is 2.35. The number of nitrogens with zero attached hydrogens (tertiary/aromatic N) is 2. The molecule has 0 aliphatic carbocycles. The van der Waals surface area contributed by atoms with Gasteiger partial charge in [0.1, 0.15) is 22.9 Å². The highest BCUT2D eigenvalue weighted by Gasteiger charge is 2.16. The summed E-state index contributed by atoms with van der Waals surface area (Å²) >= 11 is 0. The SMILES string of the molecule is COc1cccc(OC)c1-c1nc2ncccc2[nH]1. The molecule has 5 heteroatoms. The van der Waals surface area contributed by atoms with Gasteiger partial charge >= 0.3 is 0 Å². The van der Waals surface area contributed by atoms with E-state index in [-0.39, 0.29) is 0 Å². The summed E-state index contributed by atoms with van der Waals surface area (Å²) in [5, 5.41) is 0. The standard InChI is InChI=1S/C14H13N3O2/c1-18-10-6-3-7-11(19-2)12(10)14-16-9-5-4-8-15-13(9)17-14/h3-8H,1-2H3,(H,15,16,17). The molecule has 0 amide bonds. The van der Waals surface area contributed by atoms with Gasteiger partial charge in [-0.05, 0) is 24.3 Å². The lowest BCUT2D eigenvalue weighted by atomic mass is 10.1. The zero-order chi connectivity index (χ0) is 13.2. The number of nitrogens with one attached hydrogen (secondary N) is 1. The van der Waals surface area contributed by atoms with E-state index in [1.54, 1.807) is 20.4 Å². The van der Waals surface area contributed by atoms with Crippen molar-refractivity contribution in [3.8, 4) is 22.9 Å². The number of hydrogen-bond acceptors (Lipinski definition) is 4. The molecule has 0 aliphatic heterocycles. The van der Waals surface area contributed by atoms with Crippen LogP contribution in [0.25, 0.3) is 22.6 Å². The van der Waals surface area contributed by atoms with E-state index in [2.05, 4.69) is 15.0 Å². The summed E-state index contributed by atoms with van der Waals surface area (Å²) in [7, 11) is 3.25. The smallest absolute Gasteiger partial charge is 0.178 e. The summed E-state index contributed by atoms with van der Waals surface area (Å²) in [6.07, 6.45) is 1.71. The van der Waals surface area contributed by atoms with Crippen LogP contribution in [0.2, 0.25) is 0 Å². The number of aromatic nitrogens is 3. The minimum absolute atomic E-state index is 0.672. The Kier molecular flexibility index (Phi) is 2.79. The molecule has 0 aliphatic rings. The van der Waals surface area contributed by atoms with Crippen molar-refractivity contribution in [1.29, 1.82) is 0 Å². The van der Waals surface area contributed by atoms with Crippen molar-refractivity contribution in [3.05, 3.63) is 36.5 Å². The number of H-pyrrole nitrogens is 1. The first-order valence-electron chi connectivity index (χ1n) is 5.85. The Hall–Kier alpha value is -2.56. The van der Waals surface area contributed by atoms with Gasteiger partial charge in [-0.1, -0.05) is 6.07 Å². The first-order valence-corrected chi connectivity index (χ1v) is 5.85.